The first kappa shape index (κ1) is 11.2. The molecule has 0 bridgehead atoms. The molecule has 0 unspecified atom stereocenters. The van der Waals surface area contributed by atoms with Gasteiger partial charge >= 0.3 is 5.97 Å². The molecule has 1 rings (SSSR count). The largest absolute Gasteiger partial charge is 0.497 e. The quantitative estimate of drug-likeness (QED) is 0.428. The van der Waals surface area contributed by atoms with Gasteiger partial charge in [0.25, 0.3) is 0 Å². The highest BCUT2D eigenvalue weighted by atomic mass is 16.5. The first-order chi connectivity index (χ1) is 7.21. The monoisotopic (exact) mass is 207 g/mol. The molecule has 0 aliphatic heterocycles. The molecule has 4 nitrogen and oxygen atoms in total. The first-order valence-corrected chi connectivity index (χ1v) is 4.34. The van der Waals surface area contributed by atoms with Gasteiger partial charge in [-0.1, -0.05) is 0 Å². The van der Waals surface area contributed by atoms with Crippen molar-refractivity contribution in [1.29, 1.82) is 0 Å². The third-order valence-electron chi connectivity index (χ3n) is 1.77. The van der Waals surface area contributed by atoms with Crippen LogP contribution in [0, 0.1) is 6.92 Å². The number of carbonyl (C=O) groups excluding carboxylic acids is 2. The fourth-order valence-corrected chi connectivity index (χ4v) is 1.01. The molecule has 0 spiro atoms. The van der Waals surface area contributed by atoms with Crippen molar-refractivity contribution in [2.45, 2.75) is 6.42 Å². The van der Waals surface area contributed by atoms with E-state index in [2.05, 4.69) is 6.92 Å². The standard InChI is InChI=1S/C11H11O4/c1-3-11(13)15-10-5-4-9(14-2)6-8(10)7-12/h4-7H,1,3H2,2H3. The average Bonchev–Trinajstić information content (AvgIpc) is 2.29. The average molecular weight is 207 g/mol. The van der Waals surface area contributed by atoms with Gasteiger partial charge in [-0.3, -0.25) is 9.59 Å². The van der Waals surface area contributed by atoms with Crippen LogP contribution in [0.25, 0.3) is 0 Å². The van der Waals surface area contributed by atoms with Crippen LogP contribution in [0.15, 0.2) is 18.2 Å². The van der Waals surface area contributed by atoms with Crippen molar-refractivity contribution in [1.82, 2.24) is 0 Å². The first-order valence-electron chi connectivity index (χ1n) is 4.34. The van der Waals surface area contributed by atoms with Gasteiger partial charge in [0.2, 0.25) is 0 Å². The molecule has 4 heteroatoms. The van der Waals surface area contributed by atoms with E-state index >= 15 is 0 Å². The van der Waals surface area contributed by atoms with Crippen LogP contribution >= 0.6 is 0 Å². The van der Waals surface area contributed by atoms with Crippen molar-refractivity contribution in [2.24, 2.45) is 0 Å². The highest BCUT2D eigenvalue weighted by molar-refractivity contribution is 5.83. The lowest BCUT2D eigenvalue weighted by atomic mass is 10.2. The number of benzene rings is 1. The number of hydrogen-bond acceptors (Lipinski definition) is 4. The van der Waals surface area contributed by atoms with Gasteiger partial charge in [-0.25, -0.2) is 0 Å². The van der Waals surface area contributed by atoms with E-state index in [9.17, 15) is 9.59 Å². The van der Waals surface area contributed by atoms with Crippen molar-refractivity contribution >= 4 is 12.3 Å². The van der Waals surface area contributed by atoms with Crippen LogP contribution in [0.2, 0.25) is 0 Å². The van der Waals surface area contributed by atoms with Gasteiger partial charge in [0.15, 0.2) is 6.29 Å². The summed E-state index contributed by atoms with van der Waals surface area (Å²) in [6, 6.07) is 4.62. The minimum atomic E-state index is -0.483. The Morgan fingerprint density at radius 2 is 2.27 bits per heavy atom. The molecule has 1 aromatic rings. The summed E-state index contributed by atoms with van der Waals surface area (Å²) < 4.78 is 9.83. The summed E-state index contributed by atoms with van der Waals surface area (Å²) in [6.07, 6.45) is 0.624. The second kappa shape index (κ2) is 5.14. The number of esters is 1. The number of ether oxygens (including phenoxy) is 2. The Kier molecular flexibility index (Phi) is 3.85. The SMILES string of the molecule is [CH2]CC(=O)Oc1ccc(OC)cc1C=O. The summed E-state index contributed by atoms with van der Waals surface area (Å²) in [7, 11) is 1.49. The Morgan fingerprint density at radius 3 is 2.80 bits per heavy atom. The predicted octanol–water partition coefficient (Wildman–Crippen LogP) is 1.64. The molecule has 0 fully saturated rings. The van der Waals surface area contributed by atoms with E-state index in [0.717, 1.165) is 0 Å². The van der Waals surface area contributed by atoms with Gasteiger partial charge in [-0.2, -0.15) is 0 Å². The maximum absolute atomic E-state index is 11.0. The Morgan fingerprint density at radius 1 is 1.53 bits per heavy atom. The van der Waals surface area contributed by atoms with Crippen LogP contribution in [0.5, 0.6) is 11.5 Å². The topological polar surface area (TPSA) is 52.6 Å². The normalized spacial score (nSPS) is 9.47. The molecular weight excluding hydrogens is 196 g/mol. The molecule has 79 valence electrons. The van der Waals surface area contributed by atoms with Crippen molar-refractivity contribution in [3.8, 4) is 11.5 Å². The summed E-state index contributed by atoms with van der Waals surface area (Å²) in [5, 5.41) is 0. The van der Waals surface area contributed by atoms with E-state index in [1.807, 2.05) is 0 Å². The molecule has 1 aromatic carbocycles. The second-order valence-electron chi connectivity index (χ2n) is 2.75. The Labute approximate surface area is 87.8 Å². The van der Waals surface area contributed by atoms with E-state index < -0.39 is 5.97 Å². The zero-order chi connectivity index (χ0) is 11.3. The number of aldehydes is 1. The molecule has 0 saturated carbocycles. The molecule has 0 aliphatic rings. The maximum atomic E-state index is 11.0. The summed E-state index contributed by atoms with van der Waals surface area (Å²) in [4.78, 5) is 21.7. The van der Waals surface area contributed by atoms with E-state index in [-0.39, 0.29) is 17.7 Å². The van der Waals surface area contributed by atoms with Gasteiger partial charge < -0.3 is 9.47 Å². The Hall–Kier alpha value is -1.84. The minimum absolute atomic E-state index is 0.0182. The predicted molar refractivity (Wildman–Crippen MR) is 54.0 cm³/mol. The second-order valence-corrected chi connectivity index (χ2v) is 2.75. The van der Waals surface area contributed by atoms with Crippen LogP contribution < -0.4 is 9.47 Å². The third-order valence-corrected chi connectivity index (χ3v) is 1.77. The molecule has 0 atom stereocenters. The van der Waals surface area contributed by atoms with E-state index in [1.54, 1.807) is 6.07 Å². The lowest BCUT2D eigenvalue weighted by Crippen LogP contribution is -2.07. The van der Waals surface area contributed by atoms with Crippen molar-refractivity contribution < 1.29 is 19.1 Å². The summed E-state index contributed by atoms with van der Waals surface area (Å²) in [6.45, 7) is 3.38. The van der Waals surface area contributed by atoms with Crippen molar-refractivity contribution in [3.05, 3.63) is 30.7 Å². The van der Waals surface area contributed by atoms with E-state index in [1.165, 1.54) is 19.2 Å². The molecule has 0 amide bonds. The fourth-order valence-electron chi connectivity index (χ4n) is 1.01. The molecule has 0 heterocycles. The molecule has 1 radical (unpaired) electrons. The number of methoxy groups -OCH3 is 1. The van der Waals surface area contributed by atoms with Crippen LogP contribution in [-0.2, 0) is 4.79 Å². The van der Waals surface area contributed by atoms with Crippen LogP contribution in [0.1, 0.15) is 16.8 Å². The maximum Gasteiger partial charge on any atom is 0.311 e. The molecular formula is C11H11O4. The highest BCUT2D eigenvalue weighted by Crippen LogP contribution is 2.22. The van der Waals surface area contributed by atoms with Gasteiger partial charge in [-0.05, 0) is 25.1 Å². The number of hydrogen-bond donors (Lipinski definition) is 0. The Balaban J connectivity index is 2.97. The Bertz CT molecular complexity index is 371. The van der Waals surface area contributed by atoms with Gasteiger partial charge in [0.05, 0.1) is 12.7 Å². The molecule has 0 aliphatic carbocycles. The van der Waals surface area contributed by atoms with Crippen LogP contribution in [-0.4, -0.2) is 19.4 Å². The summed E-state index contributed by atoms with van der Waals surface area (Å²) >= 11 is 0. The zero-order valence-electron chi connectivity index (χ0n) is 8.36. The van der Waals surface area contributed by atoms with Crippen LogP contribution in [0.4, 0.5) is 0 Å². The highest BCUT2D eigenvalue weighted by Gasteiger charge is 2.08. The summed E-state index contributed by atoms with van der Waals surface area (Å²) in [5.74, 6) is 0.272. The van der Waals surface area contributed by atoms with Crippen molar-refractivity contribution in [2.75, 3.05) is 7.11 Å². The number of carbonyl (C=O) groups is 2. The molecule has 15 heavy (non-hydrogen) atoms. The zero-order valence-corrected chi connectivity index (χ0v) is 8.36. The molecule has 0 N–H and O–H groups in total. The van der Waals surface area contributed by atoms with Crippen molar-refractivity contribution in [3.63, 3.8) is 0 Å². The summed E-state index contributed by atoms with van der Waals surface area (Å²) in [5.41, 5.74) is 0.274. The van der Waals surface area contributed by atoms with Gasteiger partial charge in [0, 0.05) is 6.42 Å². The van der Waals surface area contributed by atoms with Crippen LogP contribution in [0.3, 0.4) is 0 Å². The fraction of sp³-hybridized carbons (Fsp3) is 0.182. The van der Waals surface area contributed by atoms with E-state index in [4.69, 9.17) is 9.47 Å². The third kappa shape index (κ3) is 2.80. The lowest BCUT2D eigenvalue weighted by molar-refractivity contribution is -0.133. The molecule has 0 saturated heterocycles. The number of rotatable bonds is 4. The molecule has 0 aromatic heterocycles. The van der Waals surface area contributed by atoms with Gasteiger partial charge in [-0.15, -0.1) is 0 Å². The smallest absolute Gasteiger partial charge is 0.311 e. The van der Waals surface area contributed by atoms with E-state index in [0.29, 0.717) is 12.0 Å². The lowest BCUT2D eigenvalue weighted by Gasteiger charge is -2.06. The minimum Gasteiger partial charge on any atom is -0.497 e. The van der Waals surface area contributed by atoms with Gasteiger partial charge in [0.1, 0.15) is 11.5 Å².